The van der Waals surface area contributed by atoms with Crippen molar-refractivity contribution in [3.8, 4) is 11.5 Å². The molecule has 4 atom stereocenters. The molecule has 1 N–H and O–H groups in total. The largest absolute Gasteiger partial charge is 0.503 e. The van der Waals surface area contributed by atoms with E-state index in [1.807, 2.05) is 25.1 Å². The van der Waals surface area contributed by atoms with Crippen LogP contribution in [0.4, 0.5) is 0 Å². The van der Waals surface area contributed by atoms with Crippen molar-refractivity contribution in [1.29, 1.82) is 0 Å². The minimum absolute atomic E-state index is 0.00920. The lowest BCUT2D eigenvalue weighted by molar-refractivity contribution is -0.169. The van der Waals surface area contributed by atoms with Gasteiger partial charge in [-0.25, -0.2) is 4.98 Å². The van der Waals surface area contributed by atoms with Gasteiger partial charge in [0.25, 0.3) is 0 Å². The second-order valence-electron chi connectivity index (χ2n) is 9.68. The van der Waals surface area contributed by atoms with Crippen molar-refractivity contribution in [2.45, 2.75) is 52.2 Å². The molecule has 0 aliphatic carbocycles. The van der Waals surface area contributed by atoms with Crippen LogP contribution in [0.2, 0.25) is 0 Å². The summed E-state index contributed by atoms with van der Waals surface area (Å²) in [6.45, 7) is 7.24. The number of pyridine rings is 1. The van der Waals surface area contributed by atoms with Gasteiger partial charge in [-0.05, 0) is 31.2 Å². The maximum Gasteiger partial charge on any atom is 0.309 e. The van der Waals surface area contributed by atoms with Gasteiger partial charge >= 0.3 is 5.97 Å². The third kappa shape index (κ3) is 7.51. The number of benzene rings is 1. The number of carbonyl (C=O) groups excluding carboxylic acids is 2. The van der Waals surface area contributed by atoms with Gasteiger partial charge in [0.2, 0.25) is 0 Å². The summed E-state index contributed by atoms with van der Waals surface area (Å²) in [6.07, 6.45) is 1.37. The van der Waals surface area contributed by atoms with Crippen molar-refractivity contribution in [1.82, 2.24) is 4.98 Å². The molecule has 0 bridgehead atoms. The Morgan fingerprint density at radius 3 is 2.67 bits per heavy atom. The van der Waals surface area contributed by atoms with Crippen LogP contribution in [0.25, 0.3) is 0 Å². The van der Waals surface area contributed by atoms with Gasteiger partial charge in [-0.1, -0.05) is 44.2 Å². The Bertz CT molecular complexity index is 995. The summed E-state index contributed by atoms with van der Waals surface area (Å²) >= 11 is 0. The Kier molecular flexibility index (Phi) is 10.3. The SMILES string of the molecule is COc1ccnc(C(=O)C[C@H]2CCOC[C@H](Cc3ccccc3)[C@@H](OCC(C)C)[C@H](C)OC2=O)c1O. The highest BCUT2D eigenvalue weighted by atomic mass is 16.6. The van der Waals surface area contributed by atoms with E-state index in [0.29, 0.717) is 32.2 Å². The van der Waals surface area contributed by atoms with Crippen LogP contribution in [0, 0.1) is 17.8 Å². The Hall–Kier alpha value is -2.97. The third-order valence-electron chi connectivity index (χ3n) is 6.27. The molecule has 0 spiro atoms. The smallest absolute Gasteiger partial charge is 0.309 e. The molecule has 8 heteroatoms. The molecule has 1 aliphatic rings. The van der Waals surface area contributed by atoms with Crippen molar-refractivity contribution >= 4 is 11.8 Å². The molecule has 196 valence electrons. The van der Waals surface area contributed by atoms with Gasteiger partial charge in [0.15, 0.2) is 23.0 Å². The van der Waals surface area contributed by atoms with Gasteiger partial charge in [-0.15, -0.1) is 0 Å². The summed E-state index contributed by atoms with van der Waals surface area (Å²) in [7, 11) is 1.39. The molecule has 8 nitrogen and oxygen atoms in total. The molecule has 0 unspecified atom stereocenters. The van der Waals surface area contributed by atoms with Crippen LogP contribution < -0.4 is 4.74 Å². The molecule has 0 saturated carbocycles. The highest BCUT2D eigenvalue weighted by Gasteiger charge is 2.35. The van der Waals surface area contributed by atoms with Crippen LogP contribution in [-0.2, 0) is 25.4 Å². The monoisotopic (exact) mass is 499 g/mol. The standard InChI is InChI=1S/C28H37NO7/c1-18(2)16-35-27-19(3)36-28(32)21(15-23(30)25-26(31)24(33-4)10-12-29-25)11-13-34-17-22(27)14-20-8-6-5-7-9-20/h5-10,12,18-19,21-22,27,31H,11,13-17H2,1-4H3/t19-,21+,22-,27-/m0/s1. The highest BCUT2D eigenvalue weighted by molar-refractivity contribution is 5.99. The van der Waals surface area contributed by atoms with Crippen LogP contribution in [0.15, 0.2) is 42.6 Å². The van der Waals surface area contributed by atoms with Crippen LogP contribution in [0.1, 0.15) is 49.7 Å². The maximum absolute atomic E-state index is 13.2. The van der Waals surface area contributed by atoms with Gasteiger partial charge < -0.3 is 24.1 Å². The maximum atomic E-state index is 13.2. The topological polar surface area (TPSA) is 104 Å². The number of hydrogen-bond acceptors (Lipinski definition) is 8. The van der Waals surface area contributed by atoms with Crippen LogP contribution >= 0.6 is 0 Å². The minimum atomic E-state index is -0.733. The van der Waals surface area contributed by atoms with Gasteiger partial charge in [0, 0.05) is 37.8 Å². The molecule has 2 heterocycles. The Morgan fingerprint density at radius 1 is 1.22 bits per heavy atom. The van der Waals surface area contributed by atoms with Crippen LogP contribution in [-0.4, -0.2) is 61.0 Å². The molecular weight excluding hydrogens is 462 g/mol. The normalized spacial score (nSPS) is 23.2. The van der Waals surface area contributed by atoms with Crippen LogP contribution in [0.3, 0.4) is 0 Å². The number of methoxy groups -OCH3 is 1. The Morgan fingerprint density at radius 2 is 1.97 bits per heavy atom. The molecular formula is C28H37NO7. The number of cyclic esters (lactones) is 1. The predicted molar refractivity (Wildman–Crippen MR) is 134 cm³/mol. The highest BCUT2D eigenvalue weighted by Crippen LogP contribution is 2.30. The number of rotatable bonds is 9. The van der Waals surface area contributed by atoms with E-state index in [0.717, 1.165) is 12.0 Å². The lowest BCUT2D eigenvalue weighted by Gasteiger charge is -2.34. The fourth-order valence-corrected chi connectivity index (χ4v) is 4.38. The zero-order valence-electron chi connectivity index (χ0n) is 21.5. The zero-order valence-corrected chi connectivity index (χ0v) is 21.5. The Labute approximate surface area is 212 Å². The van der Waals surface area contributed by atoms with Crippen molar-refractivity contribution in [3.05, 3.63) is 53.9 Å². The molecule has 0 amide bonds. The summed E-state index contributed by atoms with van der Waals surface area (Å²) in [6, 6.07) is 11.6. The number of esters is 1. The van der Waals surface area contributed by atoms with E-state index in [2.05, 4.69) is 31.0 Å². The number of ether oxygens (including phenoxy) is 4. The van der Waals surface area contributed by atoms with Gasteiger partial charge in [-0.2, -0.15) is 0 Å². The second kappa shape index (κ2) is 13.4. The van der Waals surface area contributed by atoms with E-state index in [1.165, 1.54) is 19.4 Å². The number of ketones is 1. The summed E-state index contributed by atoms with van der Waals surface area (Å²) in [5.41, 5.74) is 1.03. The lowest BCUT2D eigenvalue weighted by Crippen LogP contribution is -2.43. The molecule has 1 aromatic heterocycles. The summed E-state index contributed by atoms with van der Waals surface area (Å²) in [4.78, 5) is 30.1. The van der Waals surface area contributed by atoms with E-state index < -0.39 is 23.8 Å². The fraction of sp³-hybridized carbons (Fsp3) is 0.536. The van der Waals surface area contributed by atoms with E-state index in [9.17, 15) is 14.7 Å². The number of nitrogens with zero attached hydrogens (tertiary/aromatic N) is 1. The fourth-order valence-electron chi connectivity index (χ4n) is 4.38. The van der Waals surface area contributed by atoms with E-state index in [-0.39, 0.29) is 35.6 Å². The molecule has 1 aromatic carbocycles. The van der Waals surface area contributed by atoms with Gasteiger partial charge in [0.1, 0.15) is 6.10 Å². The predicted octanol–water partition coefficient (Wildman–Crippen LogP) is 4.24. The number of hydrogen-bond donors (Lipinski definition) is 1. The molecule has 2 aromatic rings. The van der Waals surface area contributed by atoms with E-state index in [1.54, 1.807) is 0 Å². The molecule has 1 saturated heterocycles. The molecule has 1 aliphatic heterocycles. The van der Waals surface area contributed by atoms with Crippen molar-refractivity contribution < 1.29 is 33.6 Å². The second-order valence-corrected chi connectivity index (χ2v) is 9.68. The minimum Gasteiger partial charge on any atom is -0.503 e. The Balaban J connectivity index is 1.76. The van der Waals surface area contributed by atoms with Gasteiger partial charge in [0.05, 0.1) is 25.7 Å². The van der Waals surface area contributed by atoms with Crippen molar-refractivity contribution in [3.63, 3.8) is 0 Å². The number of carbonyl (C=O) groups is 2. The summed E-state index contributed by atoms with van der Waals surface area (Å²) in [5.74, 6) is -1.57. The molecule has 36 heavy (non-hydrogen) atoms. The molecule has 0 radical (unpaired) electrons. The quantitative estimate of drug-likeness (QED) is 0.404. The first-order chi connectivity index (χ1) is 17.3. The first kappa shape index (κ1) is 27.6. The van der Waals surface area contributed by atoms with Crippen molar-refractivity contribution in [2.75, 3.05) is 26.9 Å². The summed E-state index contributed by atoms with van der Waals surface area (Å²) in [5, 5.41) is 10.3. The van der Waals surface area contributed by atoms with E-state index in [4.69, 9.17) is 18.9 Å². The summed E-state index contributed by atoms with van der Waals surface area (Å²) < 4.78 is 23.2. The number of aromatic hydroxyl groups is 1. The number of aromatic nitrogens is 1. The third-order valence-corrected chi connectivity index (χ3v) is 6.27. The van der Waals surface area contributed by atoms with Crippen molar-refractivity contribution in [2.24, 2.45) is 17.8 Å². The lowest BCUT2D eigenvalue weighted by atomic mass is 9.90. The van der Waals surface area contributed by atoms with Gasteiger partial charge in [-0.3, -0.25) is 9.59 Å². The van der Waals surface area contributed by atoms with E-state index >= 15 is 0 Å². The first-order valence-corrected chi connectivity index (χ1v) is 12.5. The zero-order chi connectivity index (χ0) is 26.1. The first-order valence-electron chi connectivity index (χ1n) is 12.5. The molecule has 1 fully saturated rings. The average Bonchev–Trinajstić information content (AvgIpc) is 2.85. The average molecular weight is 500 g/mol. The van der Waals surface area contributed by atoms with Crippen LogP contribution in [0.5, 0.6) is 11.5 Å². The molecule has 3 rings (SSSR count). The number of Topliss-reactive ketones (excluding diaryl/α,β-unsaturated/α-hetero) is 1.